The van der Waals surface area contributed by atoms with Crippen LogP contribution in [0, 0.1) is 6.92 Å². The van der Waals surface area contributed by atoms with Crippen LogP contribution in [-0.4, -0.2) is 26.8 Å². The van der Waals surface area contributed by atoms with Gasteiger partial charge in [0.2, 0.25) is 15.9 Å². The maximum Gasteiger partial charge on any atom is 0.238 e. The van der Waals surface area contributed by atoms with Crippen molar-refractivity contribution in [3.63, 3.8) is 0 Å². The number of sulfonamides is 1. The minimum absolute atomic E-state index is 0. The topological polar surface area (TPSA) is 68.3 Å². The molecule has 0 aliphatic heterocycles. The molecular weight excluding hydrogens is 204 g/mol. The van der Waals surface area contributed by atoms with Crippen molar-refractivity contribution in [1.82, 2.24) is 4.98 Å². The third-order valence-electron chi connectivity index (χ3n) is 1.48. The number of methoxy groups -OCH3 is 1. The predicted molar refractivity (Wildman–Crippen MR) is 56.1 cm³/mol. The van der Waals surface area contributed by atoms with Crippen molar-refractivity contribution in [2.24, 2.45) is 0 Å². The first kappa shape index (κ1) is 10.8. The van der Waals surface area contributed by atoms with Gasteiger partial charge in [-0.15, -0.1) is 0 Å². The van der Waals surface area contributed by atoms with E-state index in [0.29, 0.717) is 5.69 Å². The van der Waals surface area contributed by atoms with Gasteiger partial charge in [0.15, 0.2) is 0 Å². The lowest BCUT2D eigenvalue weighted by Gasteiger charge is -2.08. The zero-order chi connectivity index (χ0) is 10.8. The van der Waals surface area contributed by atoms with Gasteiger partial charge in [0.1, 0.15) is 5.69 Å². The molecule has 5 nitrogen and oxygen atoms in total. The summed E-state index contributed by atoms with van der Waals surface area (Å²) in [4.78, 5) is 3.93. The molecule has 0 unspecified atom stereocenters. The Labute approximate surface area is 84.7 Å². The number of ether oxygens (including phenoxy) is 1. The largest absolute Gasteiger partial charge is 0.480 e. The molecule has 0 aliphatic rings. The number of aryl methyl sites for hydroxylation is 1. The molecule has 0 aliphatic carbocycles. The number of anilines is 1. The number of rotatable bonds is 3. The van der Waals surface area contributed by atoms with Crippen molar-refractivity contribution in [2.75, 3.05) is 18.1 Å². The van der Waals surface area contributed by atoms with Gasteiger partial charge in [0.05, 0.1) is 13.4 Å². The molecule has 0 saturated carbocycles. The molecule has 0 saturated heterocycles. The highest BCUT2D eigenvalue weighted by Crippen LogP contribution is 2.22. The van der Waals surface area contributed by atoms with Gasteiger partial charge in [0.25, 0.3) is 0 Å². The Kier molecular flexibility index (Phi) is 2.95. The molecule has 0 amide bonds. The van der Waals surface area contributed by atoms with Crippen molar-refractivity contribution in [1.29, 1.82) is 0 Å². The summed E-state index contributed by atoms with van der Waals surface area (Å²) in [6.45, 7) is 1.82. The van der Waals surface area contributed by atoms with Gasteiger partial charge >= 0.3 is 0 Å². The van der Waals surface area contributed by atoms with Gasteiger partial charge in [-0.3, -0.25) is 4.72 Å². The molecular formula is C8H14N2O3S. The van der Waals surface area contributed by atoms with Crippen molar-refractivity contribution >= 4 is 15.7 Å². The molecule has 1 aromatic heterocycles. The molecule has 1 rings (SSSR count). The number of pyridine rings is 1. The predicted octanol–water partition coefficient (Wildman–Crippen LogP) is 1.02. The summed E-state index contributed by atoms with van der Waals surface area (Å²) < 4.78 is 29.2. The van der Waals surface area contributed by atoms with Crippen LogP contribution in [-0.2, 0) is 10.0 Å². The van der Waals surface area contributed by atoms with E-state index >= 15 is 0 Å². The number of aromatic nitrogens is 1. The minimum Gasteiger partial charge on any atom is -0.480 e. The van der Waals surface area contributed by atoms with Gasteiger partial charge in [-0.05, 0) is 18.6 Å². The van der Waals surface area contributed by atoms with Crippen LogP contribution in [0.4, 0.5) is 5.69 Å². The monoisotopic (exact) mass is 218 g/mol. The lowest BCUT2D eigenvalue weighted by Crippen LogP contribution is -2.11. The molecule has 1 N–H and O–H groups in total. The van der Waals surface area contributed by atoms with Crippen LogP contribution in [0.5, 0.6) is 5.88 Å². The third kappa shape index (κ3) is 2.88. The summed E-state index contributed by atoms with van der Waals surface area (Å²) in [5.41, 5.74) is 1.21. The molecule has 0 fully saturated rings. The first-order valence-electron chi connectivity index (χ1n) is 3.91. The Morgan fingerprint density at radius 1 is 1.57 bits per heavy atom. The summed E-state index contributed by atoms with van der Waals surface area (Å²) in [6.07, 6.45) is 2.68. The molecule has 0 aromatic carbocycles. The van der Waals surface area contributed by atoms with E-state index in [9.17, 15) is 8.42 Å². The van der Waals surface area contributed by atoms with Gasteiger partial charge in [0, 0.05) is 7.62 Å². The highest BCUT2D eigenvalue weighted by Gasteiger charge is 2.08. The Balaban J connectivity index is 0.00000196. The van der Waals surface area contributed by atoms with Crippen molar-refractivity contribution in [3.05, 3.63) is 17.8 Å². The lowest BCUT2D eigenvalue weighted by atomic mass is 10.3. The fourth-order valence-corrected chi connectivity index (χ4v) is 1.54. The Hall–Kier alpha value is -1.30. The van der Waals surface area contributed by atoms with E-state index in [-0.39, 0.29) is 7.31 Å². The standard InChI is InChI=1S/C8H12N2O3S.H2/c1-6-4-7(10-14(3,11)12)8(13-2)9-5-6;/h4-5,10H,1-3H3;1H. The van der Waals surface area contributed by atoms with Crippen LogP contribution in [0.1, 0.15) is 6.99 Å². The Bertz CT molecular complexity index is 434. The van der Waals surface area contributed by atoms with Gasteiger partial charge in [-0.25, -0.2) is 13.4 Å². The minimum atomic E-state index is -3.30. The average Bonchev–Trinajstić information content (AvgIpc) is 2.01. The number of nitrogens with zero attached hydrogens (tertiary/aromatic N) is 1. The summed E-state index contributed by atoms with van der Waals surface area (Å²) >= 11 is 0. The first-order valence-corrected chi connectivity index (χ1v) is 5.80. The molecule has 0 spiro atoms. The zero-order valence-electron chi connectivity index (χ0n) is 8.23. The van der Waals surface area contributed by atoms with E-state index in [1.54, 1.807) is 12.3 Å². The molecule has 1 aromatic rings. The van der Waals surface area contributed by atoms with E-state index in [4.69, 9.17) is 4.74 Å². The van der Waals surface area contributed by atoms with Crippen LogP contribution in [0.3, 0.4) is 0 Å². The van der Waals surface area contributed by atoms with E-state index in [1.807, 2.05) is 6.92 Å². The third-order valence-corrected chi connectivity index (χ3v) is 2.07. The van der Waals surface area contributed by atoms with Crippen LogP contribution in [0.25, 0.3) is 0 Å². The summed E-state index contributed by atoms with van der Waals surface area (Å²) in [5.74, 6) is 0.265. The molecule has 0 radical (unpaired) electrons. The maximum absolute atomic E-state index is 11.0. The molecule has 14 heavy (non-hydrogen) atoms. The van der Waals surface area contributed by atoms with E-state index in [0.717, 1.165) is 11.8 Å². The second-order valence-corrected chi connectivity index (χ2v) is 4.69. The van der Waals surface area contributed by atoms with Crippen molar-refractivity contribution in [3.8, 4) is 5.88 Å². The van der Waals surface area contributed by atoms with Crippen LogP contribution < -0.4 is 9.46 Å². The Morgan fingerprint density at radius 2 is 2.21 bits per heavy atom. The fraction of sp³-hybridized carbons (Fsp3) is 0.375. The molecule has 80 valence electrons. The normalized spacial score (nSPS) is 11.1. The van der Waals surface area contributed by atoms with Gasteiger partial charge < -0.3 is 4.74 Å². The van der Waals surface area contributed by atoms with Crippen LogP contribution in [0.2, 0.25) is 0 Å². The summed E-state index contributed by atoms with van der Waals surface area (Å²) in [7, 11) is -1.86. The number of hydrogen-bond donors (Lipinski definition) is 1. The smallest absolute Gasteiger partial charge is 0.238 e. The number of nitrogens with one attached hydrogen (secondary N) is 1. The molecule has 1 heterocycles. The van der Waals surface area contributed by atoms with Crippen LogP contribution >= 0.6 is 0 Å². The van der Waals surface area contributed by atoms with Gasteiger partial charge in [-0.1, -0.05) is 0 Å². The second kappa shape index (κ2) is 3.83. The first-order chi connectivity index (χ1) is 6.42. The molecule has 0 atom stereocenters. The second-order valence-electron chi connectivity index (χ2n) is 2.94. The quantitative estimate of drug-likeness (QED) is 0.822. The fourth-order valence-electron chi connectivity index (χ4n) is 0.992. The van der Waals surface area contributed by atoms with Crippen molar-refractivity contribution < 1.29 is 14.6 Å². The summed E-state index contributed by atoms with van der Waals surface area (Å²) in [5, 5.41) is 0. The van der Waals surface area contributed by atoms with Crippen molar-refractivity contribution in [2.45, 2.75) is 6.92 Å². The lowest BCUT2D eigenvalue weighted by molar-refractivity contribution is 0.400. The molecule has 6 heteroatoms. The van der Waals surface area contributed by atoms with E-state index < -0.39 is 10.0 Å². The SMILES string of the molecule is COc1ncc(C)cc1NS(C)(=O)=O.[HH]. The van der Waals surface area contributed by atoms with Gasteiger partial charge in [-0.2, -0.15) is 0 Å². The average molecular weight is 218 g/mol. The highest BCUT2D eigenvalue weighted by atomic mass is 32.2. The molecule has 0 bridgehead atoms. The summed E-state index contributed by atoms with van der Waals surface area (Å²) in [6, 6.07) is 1.66. The zero-order valence-corrected chi connectivity index (χ0v) is 9.05. The Morgan fingerprint density at radius 3 is 2.71 bits per heavy atom. The van der Waals surface area contributed by atoms with E-state index in [2.05, 4.69) is 9.71 Å². The highest BCUT2D eigenvalue weighted by molar-refractivity contribution is 7.92. The van der Waals surface area contributed by atoms with Crippen LogP contribution in [0.15, 0.2) is 12.3 Å². The number of hydrogen-bond acceptors (Lipinski definition) is 4. The maximum atomic E-state index is 11.0. The van der Waals surface area contributed by atoms with E-state index in [1.165, 1.54) is 7.11 Å².